The number of anilines is 3. The van der Waals surface area contributed by atoms with Crippen LogP contribution in [-0.2, 0) is 14.8 Å². The van der Waals surface area contributed by atoms with Gasteiger partial charge in [0.2, 0.25) is 15.9 Å². The standard InChI is InChI=1S/C18H18ClN3O4S/c1-27(25,26)21-13-6-9-15(16(19)11-13)18(24)20-12-4-7-14(8-5-12)22-10-2-3-17(22)23/h4-9,11,21H,2-3,10H2,1H3,(H,20,24). The third-order valence-corrected chi connectivity index (χ3v) is 4.95. The molecule has 27 heavy (non-hydrogen) atoms. The molecule has 0 unspecified atom stereocenters. The van der Waals surface area contributed by atoms with Crippen molar-refractivity contribution in [3.63, 3.8) is 0 Å². The molecule has 0 radical (unpaired) electrons. The molecule has 1 aliphatic rings. The van der Waals surface area contributed by atoms with Crippen LogP contribution >= 0.6 is 11.6 Å². The molecule has 2 aromatic carbocycles. The normalized spacial score (nSPS) is 14.3. The van der Waals surface area contributed by atoms with Gasteiger partial charge in [-0.25, -0.2) is 8.42 Å². The van der Waals surface area contributed by atoms with E-state index in [9.17, 15) is 18.0 Å². The quantitative estimate of drug-likeness (QED) is 0.796. The molecule has 0 spiro atoms. The number of halogens is 1. The van der Waals surface area contributed by atoms with Crippen LogP contribution in [0.5, 0.6) is 0 Å². The van der Waals surface area contributed by atoms with Crippen molar-refractivity contribution in [2.45, 2.75) is 12.8 Å². The summed E-state index contributed by atoms with van der Waals surface area (Å²) in [5.41, 5.74) is 1.85. The topological polar surface area (TPSA) is 95.6 Å². The molecule has 0 aliphatic carbocycles. The minimum absolute atomic E-state index is 0.0985. The highest BCUT2D eigenvalue weighted by atomic mass is 35.5. The number of benzene rings is 2. The highest BCUT2D eigenvalue weighted by Gasteiger charge is 2.21. The monoisotopic (exact) mass is 407 g/mol. The molecule has 1 saturated heterocycles. The summed E-state index contributed by atoms with van der Waals surface area (Å²) in [6.45, 7) is 0.702. The van der Waals surface area contributed by atoms with Crippen LogP contribution in [-0.4, -0.2) is 33.0 Å². The highest BCUT2D eigenvalue weighted by Crippen LogP contribution is 2.25. The van der Waals surface area contributed by atoms with E-state index < -0.39 is 15.9 Å². The average Bonchev–Trinajstić information content (AvgIpc) is 3.00. The van der Waals surface area contributed by atoms with E-state index in [0.29, 0.717) is 18.7 Å². The van der Waals surface area contributed by atoms with Gasteiger partial charge in [0.15, 0.2) is 0 Å². The fraction of sp³-hybridized carbons (Fsp3) is 0.222. The minimum atomic E-state index is -3.43. The molecule has 2 N–H and O–H groups in total. The average molecular weight is 408 g/mol. The van der Waals surface area contributed by atoms with Crippen LogP contribution in [0.2, 0.25) is 5.02 Å². The van der Waals surface area contributed by atoms with Crippen molar-refractivity contribution in [3.8, 4) is 0 Å². The smallest absolute Gasteiger partial charge is 0.257 e. The van der Waals surface area contributed by atoms with Gasteiger partial charge in [-0.2, -0.15) is 0 Å². The molecule has 0 aromatic heterocycles. The number of carbonyl (C=O) groups is 2. The first kappa shape index (κ1) is 19.2. The third kappa shape index (κ3) is 4.78. The van der Waals surface area contributed by atoms with Crippen LogP contribution in [0.25, 0.3) is 0 Å². The van der Waals surface area contributed by atoms with Crippen molar-refractivity contribution in [1.82, 2.24) is 0 Å². The maximum atomic E-state index is 12.4. The number of amides is 2. The summed E-state index contributed by atoms with van der Waals surface area (Å²) in [7, 11) is -3.43. The first-order valence-corrected chi connectivity index (χ1v) is 10.5. The molecule has 1 heterocycles. The summed E-state index contributed by atoms with van der Waals surface area (Å²) in [5, 5.41) is 2.86. The van der Waals surface area contributed by atoms with Crippen molar-refractivity contribution < 1.29 is 18.0 Å². The molecule has 0 atom stereocenters. The van der Waals surface area contributed by atoms with Crippen LogP contribution in [0.15, 0.2) is 42.5 Å². The van der Waals surface area contributed by atoms with Crippen LogP contribution < -0.4 is 14.9 Å². The summed E-state index contributed by atoms with van der Waals surface area (Å²) < 4.78 is 24.8. The number of nitrogens with zero attached hydrogens (tertiary/aromatic N) is 1. The SMILES string of the molecule is CS(=O)(=O)Nc1ccc(C(=O)Nc2ccc(N3CCCC3=O)cc2)c(Cl)c1. The van der Waals surface area contributed by atoms with E-state index in [1.807, 2.05) is 0 Å². The van der Waals surface area contributed by atoms with E-state index in [1.165, 1.54) is 18.2 Å². The zero-order valence-electron chi connectivity index (χ0n) is 14.5. The van der Waals surface area contributed by atoms with Gasteiger partial charge in [0.1, 0.15) is 0 Å². The maximum absolute atomic E-state index is 12.4. The number of carbonyl (C=O) groups excluding carboxylic acids is 2. The van der Waals surface area contributed by atoms with E-state index in [1.54, 1.807) is 29.2 Å². The zero-order valence-corrected chi connectivity index (χ0v) is 16.1. The molecule has 1 fully saturated rings. The largest absolute Gasteiger partial charge is 0.322 e. The predicted molar refractivity (Wildman–Crippen MR) is 106 cm³/mol. The first-order chi connectivity index (χ1) is 12.7. The van der Waals surface area contributed by atoms with Gasteiger partial charge in [-0.05, 0) is 48.9 Å². The van der Waals surface area contributed by atoms with Crippen LogP contribution in [0, 0.1) is 0 Å². The zero-order chi connectivity index (χ0) is 19.6. The van der Waals surface area contributed by atoms with E-state index >= 15 is 0 Å². The Labute approximate surface area is 162 Å². The lowest BCUT2D eigenvalue weighted by Crippen LogP contribution is -2.23. The molecule has 2 aromatic rings. The molecule has 1 aliphatic heterocycles. The Bertz CT molecular complexity index is 990. The third-order valence-electron chi connectivity index (χ3n) is 4.03. The van der Waals surface area contributed by atoms with E-state index in [4.69, 9.17) is 11.6 Å². The Balaban J connectivity index is 1.70. The fourth-order valence-corrected chi connectivity index (χ4v) is 3.64. The van der Waals surface area contributed by atoms with Crippen molar-refractivity contribution in [1.29, 1.82) is 0 Å². The summed E-state index contributed by atoms with van der Waals surface area (Å²) in [6, 6.07) is 11.3. The van der Waals surface area contributed by atoms with Crippen LogP contribution in [0.3, 0.4) is 0 Å². The lowest BCUT2D eigenvalue weighted by molar-refractivity contribution is -0.117. The Kier molecular flexibility index (Phi) is 5.38. The summed E-state index contributed by atoms with van der Waals surface area (Å²) in [5.74, 6) is -0.322. The van der Waals surface area contributed by atoms with Gasteiger partial charge < -0.3 is 10.2 Å². The molecule has 3 rings (SSSR count). The van der Waals surface area contributed by atoms with Crippen LogP contribution in [0.4, 0.5) is 17.1 Å². The second-order valence-corrected chi connectivity index (χ2v) is 8.37. The second-order valence-electron chi connectivity index (χ2n) is 6.22. The van der Waals surface area contributed by atoms with Gasteiger partial charge in [0.25, 0.3) is 5.91 Å². The van der Waals surface area contributed by atoms with Crippen molar-refractivity contribution in [2.75, 3.05) is 27.7 Å². The van der Waals surface area contributed by atoms with Crippen LogP contribution in [0.1, 0.15) is 23.2 Å². The fourth-order valence-electron chi connectivity index (χ4n) is 2.82. The lowest BCUT2D eigenvalue weighted by Gasteiger charge is -2.16. The van der Waals surface area contributed by atoms with Crippen molar-refractivity contribution in [2.24, 2.45) is 0 Å². The molecular weight excluding hydrogens is 390 g/mol. The lowest BCUT2D eigenvalue weighted by atomic mass is 10.2. The Morgan fingerprint density at radius 2 is 1.78 bits per heavy atom. The molecule has 0 saturated carbocycles. The number of hydrogen-bond acceptors (Lipinski definition) is 4. The van der Waals surface area contributed by atoms with E-state index in [0.717, 1.165) is 18.4 Å². The highest BCUT2D eigenvalue weighted by molar-refractivity contribution is 7.92. The van der Waals surface area contributed by atoms with Gasteiger partial charge in [-0.15, -0.1) is 0 Å². The number of hydrogen-bond donors (Lipinski definition) is 2. The molecule has 9 heteroatoms. The molecule has 7 nitrogen and oxygen atoms in total. The predicted octanol–water partition coefficient (Wildman–Crippen LogP) is 3.09. The van der Waals surface area contributed by atoms with Gasteiger partial charge in [-0.1, -0.05) is 11.6 Å². The molecule has 2 amide bonds. The Morgan fingerprint density at radius 1 is 1.11 bits per heavy atom. The molecule has 0 bridgehead atoms. The second kappa shape index (κ2) is 7.58. The van der Waals surface area contributed by atoms with Gasteiger partial charge in [-0.3, -0.25) is 14.3 Å². The maximum Gasteiger partial charge on any atom is 0.257 e. The Hall–Kier alpha value is -2.58. The molecule has 142 valence electrons. The number of sulfonamides is 1. The summed E-state index contributed by atoms with van der Waals surface area (Å²) in [4.78, 5) is 25.9. The summed E-state index contributed by atoms with van der Waals surface area (Å²) >= 11 is 6.11. The number of nitrogens with one attached hydrogen (secondary N) is 2. The number of rotatable bonds is 5. The van der Waals surface area contributed by atoms with Gasteiger partial charge in [0, 0.05) is 30.0 Å². The summed E-state index contributed by atoms with van der Waals surface area (Å²) in [6.07, 6.45) is 2.43. The van der Waals surface area contributed by atoms with E-state index in [-0.39, 0.29) is 22.2 Å². The van der Waals surface area contributed by atoms with Gasteiger partial charge in [0.05, 0.1) is 16.8 Å². The van der Waals surface area contributed by atoms with E-state index in [2.05, 4.69) is 10.0 Å². The van der Waals surface area contributed by atoms with Crippen molar-refractivity contribution >= 4 is 50.5 Å². The van der Waals surface area contributed by atoms with Gasteiger partial charge >= 0.3 is 0 Å². The molecular formula is C18H18ClN3O4S. The Morgan fingerprint density at radius 3 is 2.33 bits per heavy atom. The first-order valence-electron chi connectivity index (χ1n) is 8.22. The van der Waals surface area contributed by atoms with Crippen molar-refractivity contribution in [3.05, 3.63) is 53.1 Å². The minimum Gasteiger partial charge on any atom is -0.322 e.